The van der Waals surface area contributed by atoms with Crippen molar-refractivity contribution in [1.29, 1.82) is 0 Å². The standard InChI is InChI=1S/C8H7F3O3S.C8H7F3OS/c9-8(10,11)6-1-3-7(4-2-6)15(13,14)5-12;9-8(10,11)6-1-3-7(4-2-6)13-5-12/h1-4,12H,5H2;1-4,12H,5H2. The molecule has 0 saturated heterocycles. The van der Waals surface area contributed by atoms with Crippen molar-refractivity contribution in [3.05, 3.63) is 59.7 Å². The maximum absolute atomic E-state index is 12.1. The quantitative estimate of drug-likeness (QED) is 0.417. The molecule has 0 aliphatic carbocycles. The molecule has 2 N–H and O–H groups in total. The minimum atomic E-state index is -4.50. The van der Waals surface area contributed by atoms with Gasteiger partial charge in [-0.2, -0.15) is 26.3 Å². The molecule has 0 bridgehead atoms. The number of halogens is 6. The van der Waals surface area contributed by atoms with Crippen LogP contribution in [0, 0.1) is 0 Å². The molecule has 2 aromatic carbocycles. The molecule has 0 unspecified atom stereocenters. The molecule has 2 rings (SSSR count). The summed E-state index contributed by atoms with van der Waals surface area (Å²) in [5.41, 5.74) is -1.60. The molecule has 156 valence electrons. The summed E-state index contributed by atoms with van der Waals surface area (Å²) in [5, 5.41) is 17.0. The second kappa shape index (κ2) is 9.63. The Morgan fingerprint density at radius 1 is 0.750 bits per heavy atom. The van der Waals surface area contributed by atoms with Crippen LogP contribution in [-0.2, 0) is 22.2 Å². The normalized spacial score (nSPS) is 12.3. The van der Waals surface area contributed by atoms with Crippen molar-refractivity contribution in [3.63, 3.8) is 0 Å². The highest BCUT2D eigenvalue weighted by atomic mass is 32.2. The van der Waals surface area contributed by atoms with E-state index in [-0.39, 0.29) is 10.8 Å². The van der Waals surface area contributed by atoms with Crippen LogP contribution in [0.15, 0.2) is 58.3 Å². The van der Waals surface area contributed by atoms with Gasteiger partial charge in [0.15, 0.2) is 0 Å². The van der Waals surface area contributed by atoms with Gasteiger partial charge in [0.05, 0.1) is 22.0 Å². The number of hydrogen-bond acceptors (Lipinski definition) is 5. The van der Waals surface area contributed by atoms with Crippen LogP contribution in [0.5, 0.6) is 0 Å². The molecule has 2 aromatic rings. The van der Waals surface area contributed by atoms with Crippen molar-refractivity contribution in [3.8, 4) is 0 Å². The van der Waals surface area contributed by atoms with Crippen LogP contribution < -0.4 is 0 Å². The monoisotopic (exact) mass is 448 g/mol. The van der Waals surface area contributed by atoms with Gasteiger partial charge in [-0.25, -0.2) is 8.42 Å². The summed E-state index contributed by atoms with van der Waals surface area (Å²) in [4.78, 5) is 0.286. The predicted octanol–water partition coefficient (Wildman–Crippen LogP) is 4.18. The van der Waals surface area contributed by atoms with Crippen LogP contribution in [0.25, 0.3) is 0 Å². The van der Waals surface area contributed by atoms with E-state index in [1.807, 2.05) is 0 Å². The van der Waals surface area contributed by atoms with E-state index in [0.29, 0.717) is 17.0 Å². The van der Waals surface area contributed by atoms with Crippen LogP contribution in [-0.4, -0.2) is 30.5 Å². The highest BCUT2D eigenvalue weighted by Crippen LogP contribution is 2.31. The molecule has 0 aliphatic heterocycles. The number of benzene rings is 2. The molecule has 0 aromatic heterocycles. The molecule has 0 saturated carbocycles. The number of sulfone groups is 1. The van der Waals surface area contributed by atoms with Crippen molar-refractivity contribution in [2.75, 3.05) is 11.9 Å². The first kappa shape index (κ1) is 24.3. The van der Waals surface area contributed by atoms with Gasteiger partial charge in [0.2, 0.25) is 9.84 Å². The van der Waals surface area contributed by atoms with Crippen LogP contribution in [0.4, 0.5) is 26.3 Å². The Morgan fingerprint density at radius 2 is 1.14 bits per heavy atom. The minimum absolute atomic E-state index is 0.134. The lowest BCUT2D eigenvalue weighted by Gasteiger charge is -2.07. The summed E-state index contributed by atoms with van der Waals surface area (Å²) >= 11 is 1.08. The van der Waals surface area contributed by atoms with E-state index >= 15 is 0 Å². The van der Waals surface area contributed by atoms with Gasteiger partial charge in [0.25, 0.3) is 0 Å². The van der Waals surface area contributed by atoms with Crippen LogP contribution in [0.1, 0.15) is 11.1 Å². The van der Waals surface area contributed by atoms with E-state index in [4.69, 9.17) is 10.2 Å². The lowest BCUT2D eigenvalue weighted by atomic mass is 10.2. The number of rotatable bonds is 4. The van der Waals surface area contributed by atoms with Crippen LogP contribution >= 0.6 is 11.8 Å². The van der Waals surface area contributed by atoms with Gasteiger partial charge in [0.1, 0.15) is 5.94 Å². The number of hydrogen-bond donors (Lipinski definition) is 2. The molecular weight excluding hydrogens is 434 g/mol. The minimum Gasteiger partial charge on any atom is -0.385 e. The van der Waals surface area contributed by atoms with E-state index in [9.17, 15) is 34.8 Å². The third-order valence-corrected chi connectivity index (χ3v) is 5.19. The Balaban J connectivity index is 0.000000283. The summed E-state index contributed by atoms with van der Waals surface area (Å²) in [6.45, 7) is 0. The molecule has 0 amide bonds. The first-order valence-electron chi connectivity index (χ1n) is 7.23. The largest absolute Gasteiger partial charge is 0.416 e. The molecule has 0 aliphatic rings. The van der Waals surface area contributed by atoms with E-state index in [1.165, 1.54) is 12.1 Å². The van der Waals surface area contributed by atoms with Gasteiger partial charge >= 0.3 is 12.4 Å². The maximum Gasteiger partial charge on any atom is 0.416 e. The van der Waals surface area contributed by atoms with E-state index in [1.54, 1.807) is 0 Å². The number of aliphatic hydroxyl groups excluding tert-OH is 2. The van der Waals surface area contributed by atoms with Crippen LogP contribution in [0.2, 0.25) is 0 Å². The Labute approximate surface area is 160 Å². The molecule has 0 heterocycles. The number of alkyl halides is 6. The molecule has 12 heteroatoms. The van der Waals surface area contributed by atoms with E-state index < -0.39 is 39.3 Å². The topological polar surface area (TPSA) is 74.6 Å². The summed E-state index contributed by atoms with van der Waals surface area (Å²) in [6.07, 6.45) is -8.79. The Kier molecular flexibility index (Phi) is 8.35. The summed E-state index contributed by atoms with van der Waals surface area (Å²) in [5.74, 6) is -1.26. The Hall–Kier alpha value is -1.76. The highest BCUT2D eigenvalue weighted by Gasteiger charge is 2.31. The third-order valence-electron chi connectivity index (χ3n) is 3.12. The van der Waals surface area contributed by atoms with Crippen molar-refractivity contribution in [1.82, 2.24) is 0 Å². The summed E-state index contributed by atoms with van der Waals surface area (Å²) < 4.78 is 94.5. The average Bonchev–Trinajstić information content (AvgIpc) is 2.62. The molecular formula is C16H14F6O4S2. The van der Waals surface area contributed by atoms with Crippen LogP contribution in [0.3, 0.4) is 0 Å². The van der Waals surface area contributed by atoms with Crippen molar-refractivity contribution >= 4 is 21.6 Å². The molecule has 0 atom stereocenters. The fourth-order valence-electron chi connectivity index (χ4n) is 1.74. The zero-order valence-corrected chi connectivity index (χ0v) is 15.5. The molecule has 28 heavy (non-hydrogen) atoms. The van der Waals surface area contributed by atoms with E-state index in [0.717, 1.165) is 36.0 Å². The molecule has 0 fully saturated rings. The third kappa shape index (κ3) is 7.34. The van der Waals surface area contributed by atoms with Crippen molar-refractivity contribution in [2.45, 2.75) is 22.1 Å². The number of aliphatic hydroxyl groups is 2. The summed E-state index contributed by atoms with van der Waals surface area (Å²) in [7, 11) is -3.87. The highest BCUT2D eigenvalue weighted by molar-refractivity contribution is 7.99. The second-order valence-corrected chi connectivity index (χ2v) is 8.04. The maximum atomic E-state index is 12.1. The van der Waals surface area contributed by atoms with Crippen molar-refractivity contribution < 1.29 is 45.0 Å². The zero-order valence-electron chi connectivity index (χ0n) is 13.8. The summed E-state index contributed by atoms with van der Waals surface area (Å²) in [6, 6.07) is 7.61. The smallest absolute Gasteiger partial charge is 0.385 e. The van der Waals surface area contributed by atoms with Gasteiger partial charge < -0.3 is 10.2 Å². The van der Waals surface area contributed by atoms with Gasteiger partial charge in [-0.1, -0.05) is 11.8 Å². The Morgan fingerprint density at radius 3 is 1.46 bits per heavy atom. The first-order chi connectivity index (χ1) is 12.8. The lowest BCUT2D eigenvalue weighted by molar-refractivity contribution is -0.138. The Bertz CT molecular complexity index is 845. The zero-order chi connectivity index (χ0) is 21.6. The molecule has 0 spiro atoms. The molecule has 0 radical (unpaired) electrons. The predicted molar refractivity (Wildman–Crippen MR) is 90.1 cm³/mol. The van der Waals surface area contributed by atoms with Gasteiger partial charge in [-0.15, -0.1) is 0 Å². The van der Waals surface area contributed by atoms with Gasteiger partial charge in [0, 0.05) is 4.90 Å². The van der Waals surface area contributed by atoms with E-state index in [2.05, 4.69) is 0 Å². The fraction of sp³-hybridized carbons (Fsp3) is 0.250. The number of thioether (sulfide) groups is 1. The second-order valence-electron chi connectivity index (χ2n) is 5.06. The van der Waals surface area contributed by atoms with Gasteiger partial charge in [-0.3, -0.25) is 0 Å². The van der Waals surface area contributed by atoms with Gasteiger partial charge in [-0.05, 0) is 48.5 Å². The lowest BCUT2D eigenvalue weighted by Crippen LogP contribution is -2.08. The average molecular weight is 448 g/mol. The molecule has 4 nitrogen and oxygen atoms in total. The SMILES string of the molecule is O=S(=O)(CO)c1ccc(C(F)(F)F)cc1.OCSc1ccc(C(F)(F)F)cc1. The van der Waals surface area contributed by atoms with Crippen molar-refractivity contribution in [2.24, 2.45) is 0 Å². The fourth-order valence-corrected chi connectivity index (χ4v) is 2.92. The first-order valence-corrected chi connectivity index (χ1v) is 9.87.